The number of esters is 1. The summed E-state index contributed by atoms with van der Waals surface area (Å²) < 4.78 is 10.1. The number of carbonyl (C=O) groups excluding carboxylic acids is 3. The lowest BCUT2D eigenvalue weighted by Gasteiger charge is -2.31. The summed E-state index contributed by atoms with van der Waals surface area (Å²) in [6.07, 6.45) is 6.33. The van der Waals surface area contributed by atoms with Gasteiger partial charge in [0.25, 0.3) is 0 Å². The summed E-state index contributed by atoms with van der Waals surface area (Å²) in [5.74, 6) is -0.484. The number of nitrogens with one attached hydrogen (secondary N) is 1. The van der Waals surface area contributed by atoms with E-state index in [4.69, 9.17) is 32.7 Å². The molecule has 2 aromatic rings. The molecule has 1 heterocycles. The van der Waals surface area contributed by atoms with Gasteiger partial charge < -0.3 is 19.7 Å². The maximum atomic E-state index is 12.9. The molecule has 10 heteroatoms. The molecule has 0 unspecified atom stereocenters. The topological polar surface area (TPSA) is 84.9 Å². The lowest BCUT2D eigenvalue weighted by Crippen LogP contribution is -2.48. The number of benzene rings is 2. The van der Waals surface area contributed by atoms with Gasteiger partial charge in [0.05, 0.1) is 24.3 Å². The highest BCUT2D eigenvalue weighted by atomic mass is 35.5. The maximum Gasteiger partial charge on any atom is 0.328 e. The van der Waals surface area contributed by atoms with Crippen LogP contribution in [0.4, 0.5) is 0 Å². The molecule has 0 aliphatic carbocycles. The Balaban J connectivity index is 1.55. The van der Waals surface area contributed by atoms with Gasteiger partial charge in [-0.2, -0.15) is 0 Å². The largest absolute Gasteiger partial charge is 0.497 e. The monoisotopic (exact) mass is 564 g/mol. The van der Waals surface area contributed by atoms with Crippen LogP contribution in [0.1, 0.15) is 24.0 Å². The lowest BCUT2D eigenvalue weighted by molar-refractivity contribution is -0.145. The van der Waals surface area contributed by atoms with Crippen molar-refractivity contribution < 1.29 is 23.9 Å². The molecule has 1 N–H and O–H groups in total. The van der Waals surface area contributed by atoms with Gasteiger partial charge in [-0.15, -0.1) is 11.8 Å². The van der Waals surface area contributed by atoms with E-state index < -0.39 is 12.0 Å². The van der Waals surface area contributed by atoms with Crippen LogP contribution in [0.25, 0.3) is 6.08 Å². The van der Waals surface area contributed by atoms with Gasteiger partial charge in [0.15, 0.2) is 0 Å². The fourth-order valence-electron chi connectivity index (χ4n) is 4.08. The van der Waals surface area contributed by atoms with E-state index in [1.54, 1.807) is 30.2 Å². The van der Waals surface area contributed by atoms with Crippen LogP contribution < -0.4 is 10.1 Å². The molecule has 2 aromatic carbocycles. The molecular weight excluding hydrogens is 535 g/mol. The van der Waals surface area contributed by atoms with Crippen molar-refractivity contribution in [3.05, 3.63) is 63.6 Å². The zero-order chi connectivity index (χ0) is 26.9. The minimum Gasteiger partial charge on any atom is -0.497 e. The molecule has 1 atom stereocenters. The zero-order valence-electron chi connectivity index (χ0n) is 21.0. The first kappa shape index (κ1) is 28.9. The van der Waals surface area contributed by atoms with E-state index in [1.165, 1.54) is 24.9 Å². The SMILES string of the molecule is COC(=O)[C@H](Cc1ccc(OC)cc1)NC(=O)C1CCN(C(=O)/C=C/c2ccc(SC)c(Cl)c2Cl)CC1. The summed E-state index contributed by atoms with van der Waals surface area (Å²) in [5.41, 5.74) is 1.53. The van der Waals surface area contributed by atoms with Crippen molar-refractivity contribution in [1.82, 2.24) is 10.2 Å². The van der Waals surface area contributed by atoms with Crippen LogP contribution in [0.15, 0.2) is 47.4 Å². The quantitative estimate of drug-likeness (QED) is 0.265. The predicted octanol–water partition coefficient (Wildman–Crippen LogP) is 4.88. The predicted molar refractivity (Wildman–Crippen MR) is 147 cm³/mol. The second-order valence-corrected chi connectivity index (χ2v) is 10.2. The Morgan fingerprint density at radius 2 is 1.76 bits per heavy atom. The number of methoxy groups -OCH3 is 2. The zero-order valence-corrected chi connectivity index (χ0v) is 23.3. The van der Waals surface area contributed by atoms with Crippen LogP contribution in [0.2, 0.25) is 10.0 Å². The van der Waals surface area contributed by atoms with Crippen LogP contribution in [0.5, 0.6) is 5.75 Å². The summed E-state index contributed by atoms with van der Waals surface area (Å²) in [5, 5.41) is 3.71. The van der Waals surface area contributed by atoms with Crippen molar-refractivity contribution in [1.29, 1.82) is 0 Å². The smallest absolute Gasteiger partial charge is 0.328 e. The Kier molecular flexibility index (Phi) is 10.7. The average Bonchev–Trinajstić information content (AvgIpc) is 2.93. The normalized spacial score (nSPS) is 14.9. The molecule has 3 rings (SSSR count). The number of carbonyl (C=O) groups is 3. The van der Waals surface area contributed by atoms with Crippen molar-refractivity contribution in [2.45, 2.75) is 30.2 Å². The van der Waals surface area contributed by atoms with Crippen molar-refractivity contribution in [3.8, 4) is 5.75 Å². The highest BCUT2D eigenvalue weighted by Crippen LogP contribution is 2.35. The van der Waals surface area contributed by atoms with Crippen molar-refractivity contribution >= 4 is 58.8 Å². The molecule has 1 fully saturated rings. The molecule has 1 saturated heterocycles. The van der Waals surface area contributed by atoms with Crippen molar-refractivity contribution in [2.24, 2.45) is 5.92 Å². The molecule has 2 amide bonds. The summed E-state index contributed by atoms with van der Waals surface area (Å²) in [7, 11) is 2.88. The molecular formula is C27H30Cl2N2O5S. The van der Waals surface area contributed by atoms with Gasteiger partial charge in [-0.25, -0.2) is 4.79 Å². The lowest BCUT2D eigenvalue weighted by atomic mass is 9.95. The second kappa shape index (κ2) is 13.7. The highest BCUT2D eigenvalue weighted by molar-refractivity contribution is 7.98. The van der Waals surface area contributed by atoms with Gasteiger partial charge in [0, 0.05) is 36.4 Å². The third-order valence-corrected chi connectivity index (χ3v) is 8.07. The number of nitrogens with zero attached hydrogens (tertiary/aromatic N) is 1. The summed E-state index contributed by atoms with van der Waals surface area (Å²) in [6, 6.07) is 10.2. The van der Waals surface area contributed by atoms with Crippen LogP contribution >= 0.6 is 35.0 Å². The van der Waals surface area contributed by atoms with Gasteiger partial charge in [-0.1, -0.05) is 41.4 Å². The van der Waals surface area contributed by atoms with E-state index in [9.17, 15) is 14.4 Å². The maximum absolute atomic E-state index is 12.9. The third kappa shape index (κ3) is 7.66. The average molecular weight is 566 g/mol. The van der Waals surface area contributed by atoms with Gasteiger partial charge in [-0.05, 0) is 54.5 Å². The van der Waals surface area contributed by atoms with E-state index in [0.717, 1.165) is 10.5 Å². The Hall–Kier alpha value is -2.68. The van der Waals surface area contributed by atoms with Crippen LogP contribution in [-0.4, -0.2) is 62.3 Å². The van der Waals surface area contributed by atoms with E-state index in [-0.39, 0.29) is 17.7 Å². The van der Waals surface area contributed by atoms with Crippen molar-refractivity contribution in [2.75, 3.05) is 33.6 Å². The van der Waals surface area contributed by atoms with Crippen LogP contribution in [0, 0.1) is 5.92 Å². The highest BCUT2D eigenvalue weighted by Gasteiger charge is 2.30. The first-order valence-corrected chi connectivity index (χ1v) is 13.8. The second-order valence-electron chi connectivity index (χ2n) is 8.55. The van der Waals surface area contributed by atoms with E-state index >= 15 is 0 Å². The minimum atomic E-state index is -0.803. The number of hydrogen-bond donors (Lipinski definition) is 1. The molecule has 0 bridgehead atoms. The Morgan fingerprint density at radius 3 is 2.35 bits per heavy atom. The van der Waals surface area contributed by atoms with Gasteiger partial charge in [-0.3, -0.25) is 9.59 Å². The van der Waals surface area contributed by atoms with Crippen LogP contribution in [0.3, 0.4) is 0 Å². The number of amides is 2. The fourth-order valence-corrected chi connectivity index (χ4v) is 5.26. The van der Waals surface area contributed by atoms with Crippen molar-refractivity contribution in [3.63, 3.8) is 0 Å². The standard InChI is InChI=1S/C27H30Cl2N2O5S/c1-35-20-8-4-17(5-9-20)16-21(27(34)36-2)30-26(33)19-12-14-31(15-13-19)23(32)11-7-18-6-10-22(37-3)25(29)24(18)28/h4-11,19,21H,12-16H2,1-3H3,(H,30,33)/b11-7+/t21-/m0/s1. The first-order valence-electron chi connectivity index (χ1n) is 11.8. The summed E-state index contributed by atoms with van der Waals surface area (Å²) in [4.78, 5) is 40.5. The Bertz CT molecular complexity index is 1150. The van der Waals surface area contributed by atoms with E-state index in [0.29, 0.717) is 53.7 Å². The molecule has 0 spiro atoms. The number of piperidine rings is 1. The van der Waals surface area contributed by atoms with Gasteiger partial charge >= 0.3 is 5.97 Å². The van der Waals surface area contributed by atoms with E-state index in [2.05, 4.69) is 5.32 Å². The first-order chi connectivity index (χ1) is 17.8. The summed E-state index contributed by atoms with van der Waals surface area (Å²) in [6.45, 7) is 0.866. The number of hydrogen-bond acceptors (Lipinski definition) is 6. The fraction of sp³-hybridized carbons (Fsp3) is 0.370. The molecule has 0 aromatic heterocycles. The Morgan fingerprint density at radius 1 is 1.08 bits per heavy atom. The Labute approximate surface area is 231 Å². The molecule has 198 valence electrons. The number of likely N-dealkylation sites (tertiary alicyclic amines) is 1. The minimum absolute atomic E-state index is 0.160. The molecule has 37 heavy (non-hydrogen) atoms. The summed E-state index contributed by atoms with van der Waals surface area (Å²) >= 11 is 14.1. The number of ether oxygens (including phenoxy) is 2. The molecule has 7 nitrogen and oxygen atoms in total. The number of halogens is 2. The van der Waals surface area contributed by atoms with Gasteiger partial charge in [0.1, 0.15) is 11.8 Å². The molecule has 0 radical (unpaired) electrons. The molecule has 1 aliphatic rings. The van der Waals surface area contributed by atoms with E-state index in [1.807, 2.05) is 30.5 Å². The van der Waals surface area contributed by atoms with Crippen LogP contribution in [-0.2, 0) is 25.5 Å². The number of thioether (sulfide) groups is 1. The molecule has 0 saturated carbocycles. The third-order valence-electron chi connectivity index (χ3n) is 6.28. The van der Waals surface area contributed by atoms with Gasteiger partial charge in [0.2, 0.25) is 11.8 Å². The molecule has 1 aliphatic heterocycles. The number of rotatable bonds is 9.